The number of hydrogen-bond donors (Lipinski definition) is 1. The normalized spacial score (nSPS) is 24.4. The van der Waals surface area contributed by atoms with E-state index >= 15 is 0 Å². The first-order valence-corrected chi connectivity index (χ1v) is 8.21. The van der Waals surface area contributed by atoms with Crippen molar-refractivity contribution in [3.63, 3.8) is 0 Å². The van der Waals surface area contributed by atoms with Gasteiger partial charge in [0.05, 0.1) is 13.2 Å². The van der Waals surface area contributed by atoms with Crippen LogP contribution in [0.4, 0.5) is 0 Å². The summed E-state index contributed by atoms with van der Waals surface area (Å²) >= 11 is 6.28. The summed E-state index contributed by atoms with van der Waals surface area (Å²) in [5.74, 6) is 1.07. The number of benzene rings is 1. The Balaban J connectivity index is 1.83. The van der Waals surface area contributed by atoms with Gasteiger partial charge in [0.1, 0.15) is 5.75 Å². The van der Waals surface area contributed by atoms with Gasteiger partial charge in [-0.25, -0.2) is 0 Å². The molecule has 2 aliphatic rings. The van der Waals surface area contributed by atoms with Crippen molar-refractivity contribution >= 4 is 11.6 Å². The van der Waals surface area contributed by atoms with Gasteiger partial charge in [0.25, 0.3) is 0 Å². The van der Waals surface area contributed by atoms with Crippen molar-refractivity contribution in [1.29, 1.82) is 0 Å². The number of nitrogens with one attached hydrogen (secondary N) is 1. The molecule has 0 aromatic heterocycles. The number of rotatable bonds is 5. The third-order valence-corrected chi connectivity index (χ3v) is 4.68. The number of fused-ring (bicyclic) bond motifs is 1. The lowest BCUT2D eigenvalue weighted by Gasteiger charge is -2.29. The van der Waals surface area contributed by atoms with Crippen LogP contribution in [-0.4, -0.2) is 32.4 Å². The summed E-state index contributed by atoms with van der Waals surface area (Å²) in [4.78, 5) is 0. The van der Waals surface area contributed by atoms with E-state index in [9.17, 15) is 0 Å². The maximum absolute atomic E-state index is 6.28. The van der Waals surface area contributed by atoms with E-state index in [0.717, 1.165) is 56.4 Å². The van der Waals surface area contributed by atoms with Gasteiger partial charge in [-0.05, 0) is 36.1 Å². The molecule has 2 aliphatic heterocycles. The second kappa shape index (κ2) is 6.15. The predicted molar refractivity (Wildman–Crippen MR) is 85.4 cm³/mol. The minimum atomic E-state index is 0.161. The molecule has 1 aromatic carbocycles. The molecule has 1 fully saturated rings. The second-order valence-electron chi connectivity index (χ2n) is 6.67. The van der Waals surface area contributed by atoms with Gasteiger partial charge in [-0.2, -0.15) is 0 Å². The third kappa shape index (κ3) is 3.36. The average molecular weight is 310 g/mol. The van der Waals surface area contributed by atoms with Crippen LogP contribution in [0, 0.1) is 5.41 Å². The van der Waals surface area contributed by atoms with E-state index in [-0.39, 0.29) is 5.41 Å². The third-order valence-electron chi connectivity index (χ3n) is 4.46. The molecule has 0 aliphatic carbocycles. The van der Waals surface area contributed by atoms with Crippen LogP contribution in [0.25, 0.3) is 0 Å². The summed E-state index contributed by atoms with van der Waals surface area (Å²) in [6, 6.07) is 4.60. The summed E-state index contributed by atoms with van der Waals surface area (Å²) < 4.78 is 11.5. The summed E-state index contributed by atoms with van der Waals surface area (Å²) in [6.07, 6.45) is 3.03. The van der Waals surface area contributed by atoms with Crippen LogP contribution in [0.1, 0.15) is 31.4 Å². The van der Waals surface area contributed by atoms with Crippen molar-refractivity contribution in [3.05, 3.63) is 28.3 Å². The van der Waals surface area contributed by atoms with Gasteiger partial charge in [0.15, 0.2) is 0 Å². The predicted octanol–water partition coefficient (Wildman–Crippen LogP) is 3.22. The minimum Gasteiger partial charge on any atom is -0.493 e. The number of hydrogen-bond acceptors (Lipinski definition) is 3. The SMILES string of the molecule is CC(C)NCC1(Cc2cc(Cl)cc3c2OCC3)CCOC1. The Morgan fingerprint density at radius 1 is 1.33 bits per heavy atom. The summed E-state index contributed by atoms with van der Waals surface area (Å²) in [5, 5.41) is 4.40. The molecule has 1 unspecified atom stereocenters. The van der Waals surface area contributed by atoms with Crippen LogP contribution in [0.5, 0.6) is 5.75 Å². The molecule has 0 radical (unpaired) electrons. The molecule has 21 heavy (non-hydrogen) atoms. The van der Waals surface area contributed by atoms with E-state index in [1.165, 1.54) is 11.1 Å². The Kier molecular flexibility index (Phi) is 4.43. The van der Waals surface area contributed by atoms with Gasteiger partial charge in [-0.3, -0.25) is 0 Å². The van der Waals surface area contributed by atoms with Gasteiger partial charge in [-0.15, -0.1) is 0 Å². The van der Waals surface area contributed by atoms with Crippen LogP contribution in [0.2, 0.25) is 5.02 Å². The molecular weight excluding hydrogens is 286 g/mol. The number of halogens is 1. The minimum absolute atomic E-state index is 0.161. The van der Waals surface area contributed by atoms with Crippen LogP contribution >= 0.6 is 11.6 Å². The maximum atomic E-state index is 6.28. The molecule has 4 heteroatoms. The van der Waals surface area contributed by atoms with E-state index in [1.807, 2.05) is 6.07 Å². The molecule has 0 amide bonds. The van der Waals surface area contributed by atoms with Gasteiger partial charge in [0.2, 0.25) is 0 Å². The molecule has 1 saturated heterocycles. The lowest BCUT2D eigenvalue weighted by Crippen LogP contribution is -2.39. The first kappa shape index (κ1) is 15.1. The zero-order chi connectivity index (χ0) is 14.9. The molecule has 3 nitrogen and oxygen atoms in total. The smallest absolute Gasteiger partial charge is 0.125 e. The van der Waals surface area contributed by atoms with Crippen LogP contribution in [0.15, 0.2) is 12.1 Å². The van der Waals surface area contributed by atoms with E-state index in [1.54, 1.807) is 0 Å². The van der Waals surface area contributed by atoms with Crippen molar-refractivity contribution in [2.75, 3.05) is 26.4 Å². The highest BCUT2D eigenvalue weighted by Crippen LogP contribution is 2.39. The first-order chi connectivity index (χ1) is 10.1. The fraction of sp³-hybridized carbons (Fsp3) is 0.647. The maximum Gasteiger partial charge on any atom is 0.125 e. The van der Waals surface area contributed by atoms with Crippen molar-refractivity contribution < 1.29 is 9.47 Å². The summed E-state index contributed by atoms with van der Waals surface area (Å²) in [7, 11) is 0. The lowest BCUT2D eigenvalue weighted by atomic mass is 9.80. The standard InChI is InChI=1S/C17H24ClNO2/c1-12(2)19-10-17(4-6-20-11-17)9-14-8-15(18)7-13-3-5-21-16(13)14/h7-8,12,19H,3-6,9-11H2,1-2H3. The molecule has 116 valence electrons. The van der Waals surface area contributed by atoms with E-state index in [4.69, 9.17) is 21.1 Å². The Morgan fingerprint density at radius 3 is 2.90 bits per heavy atom. The van der Waals surface area contributed by atoms with Crippen molar-refractivity contribution in [2.45, 2.75) is 39.2 Å². The topological polar surface area (TPSA) is 30.5 Å². The van der Waals surface area contributed by atoms with Crippen LogP contribution in [-0.2, 0) is 17.6 Å². The molecule has 0 bridgehead atoms. The second-order valence-corrected chi connectivity index (χ2v) is 7.10. The van der Waals surface area contributed by atoms with E-state index in [2.05, 4.69) is 25.2 Å². The summed E-state index contributed by atoms with van der Waals surface area (Å²) in [5.41, 5.74) is 2.66. The molecule has 1 atom stereocenters. The fourth-order valence-electron chi connectivity index (χ4n) is 3.29. The Morgan fingerprint density at radius 2 is 2.19 bits per heavy atom. The Bertz CT molecular complexity index is 510. The molecule has 1 N–H and O–H groups in total. The molecule has 0 spiro atoms. The highest BCUT2D eigenvalue weighted by atomic mass is 35.5. The zero-order valence-corrected chi connectivity index (χ0v) is 13.6. The van der Waals surface area contributed by atoms with Crippen molar-refractivity contribution in [3.8, 4) is 5.75 Å². The first-order valence-electron chi connectivity index (χ1n) is 7.83. The van der Waals surface area contributed by atoms with Crippen LogP contribution < -0.4 is 10.1 Å². The van der Waals surface area contributed by atoms with Gasteiger partial charge >= 0.3 is 0 Å². The molecule has 2 heterocycles. The Hall–Kier alpha value is -0.770. The monoisotopic (exact) mass is 309 g/mol. The quantitative estimate of drug-likeness (QED) is 0.906. The van der Waals surface area contributed by atoms with E-state index < -0.39 is 0 Å². The Labute approximate surface area is 132 Å². The van der Waals surface area contributed by atoms with Crippen molar-refractivity contribution in [2.24, 2.45) is 5.41 Å². The average Bonchev–Trinajstić information content (AvgIpc) is 3.06. The molecule has 1 aromatic rings. The molecule has 3 rings (SSSR count). The largest absolute Gasteiger partial charge is 0.493 e. The number of ether oxygens (including phenoxy) is 2. The fourth-order valence-corrected chi connectivity index (χ4v) is 3.56. The zero-order valence-electron chi connectivity index (χ0n) is 12.9. The molecular formula is C17H24ClNO2. The van der Waals surface area contributed by atoms with Gasteiger partial charge < -0.3 is 14.8 Å². The highest BCUT2D eigenvalue weighted by Gasteiger charge is 2.36. The highest BCUT2D eigenvalue weighted by molar-refractivity contribution is 6.30. The van der Waals surface area contributed by atoms with Crippen LogP contribution in [0.3, 0.4) is 0 Å². The van der Waals surface area contributed by atoms with Crippen molar-refractivity contribution in [1.82, 2.24) is 5.32 Å². The van der Waals surface area contributed by atoms with E-state index in [0.29, 0.717) is 6.04 Å². The van der Waals surface area contributed by atoms with Gasteiger partial charge in [0, 0.05) is 36.1 Å². The van der Waals surface area contributed by atoms with Gasteiger partial charge in [-0.1, -0.05) is 25.4 Å². The lowest BCUT2D eigenvalue weighted by molar-refractivity contribution is 0.147. The molecule has 0 saturated carbocycles. The summed E-state index contributed by atoms with van der Waals surface area (Å²) in [6.45, 7) is 7.78.